The molecule has 0 amide bonds. The highest BCUT2D eigenvalue weighted by atomic mass is 16.3. The Morgan fingerprint density at radius 3 is 2.80 bits per heavy atom. The summed E-state index contributed by atoms with van der Waals surface area (Å²) < 4.78 is 11.1. The molecule has 2 aromatic rings. The van der Waals surface area contributed by atoms with Crippen LogP contribution in [0.4, 0.5) is 0 Å². The minimum Gasteiger partial charge on any atom is -0.468 e. The second kappa shape index (κ2) is 6.29. The Morgan fingerprint density at radius 2 is 2.10 bits per heavy atom. The van der Waals surface area contributed by atoms with Gasteiger partial charge in [-0.1, -0.05) is 6.92 Å². The summed E-state index contributed by atoms with van der Waals surface area (Å²) in [5.41, 5.74) is 1.28. The van der Waals surface area contributed by atoms with E-state index in [1.165, 1.54) is 18.4 Å². The van der Waals surface area contributed by atoms with Gasteiger partial charge in [0.2, 0.25) is 0 Å². The van der Waals surface area contributed by atoms with E-state index in [9.17, 15) is 0 Å². The maximum atomic E-state index is 5.59. The zero-order chi connectivity index (χ0) is 13.8. The highest BCUT2D eigenvalue weighted by molar-refractivity contribution is 5.17. The zero-order valence-corrected chi connectivity index (χ0v) is 12.0. The Morgan fingerprint density at radius 1 is 1.20 bits per heavy atom. The van der Waals surface area contributed by atoms with Gasteiger partial charge >= 0.3 is 0 Å². The van der Waals surface area contributed by atoms with Crippen molar-refractivity contribution in [1.29, 1.82) is 0 Å². The summed E-state index contributed by atoms with van der Waals surface area (Å²) in [6, 6.07) is 6.78. The van der Waals surface area contributed by atoms with Gasteiger partial charge in [-0.05, 0) is 37.6 Å². The van der Waals surface area contributed by atoms with Crippen LogP contribution in [-0.4, -0.2) is 17.5 Å². The summed E-state index contributed by atoms with van der Waals surface area (Å²) in [6.07, 6.45) is 6.12. The SMILES string of the molecule is CCNCc1occc1CN(Cc1ccco1)C1CC1. The average molecular weight is 274 g/mol. The fourth-order valence-electron chi connectivity index (χ4n) is 2.48. The van der Waals surface area contributed by atoms with Crippen LogP contribution >= 0.6 is 0 Å². The molecule has 1 aliphatic carbocycles. The third-order valence-electron chi connectivity index (χ3n) is 3.75. The molecular weight excluding hydrogens is 252 g/mol. The molecule has 2 aromatic heterocycles. The molecule has 0 aromatic carbocycles. The summed E-state index contributed by atoms with van der Waals surface area (Å²) in [6.45, 7) is 5.68. The van der Waals surface area contributed by atoms with Gasteiger partial charge in [-0.15, -0.1) is 0 Å². The lowest BCUT2D eigenvalue weighted by Crippen LogP contribution is -2.25. The van der Waals surface area contributed by atoms with E-state index in [1.54, 1.807) is 12.5 Å². The fraction of sp³-hybridized carbons (Fsp3) is 0.500. The first-order chi connectivity index (χ1) is 9.86. The van der Waals surface area contributed by atoms with Gasteiger partial charge in [0, 0.05) is 18.2 Å². The highest BCUT2D eigenvalue weighted by Crippen LogP contribution is 2.30. The van der Waals surface area contributed by atoms with E-state index >= 15 is 0 Å². The van der Waals surface area contributed by atoms with E-state index in [4.69, 9.17) is 8.83 Å². The third-order valence-corrected chi connectivity index (χ3v) is 3.75. The monoisotopic (exact) mass is 274 g/mol. The van der Waals surface area contributed by atoms with E-state index in [0.29, 0.717) is 6.04 Å². The number of rotatable bonds is 8. The van der Waals surface area contributed by atoms with Crippen molar-refractivity contribution in [1.82, 2.24) is 10.2 Å². The molecule has 0 spiro atoms. The van der Waals surface area contributed by atoms with Crippen LogP contribution in [0.25, 0.3) is 0 Å². The largest absolute Gasteiger partial charge is 0.468 e. The van der Waals surface area contributed by atoms with Crippen LogP contribution in [0.5, 0.6) is 0 Å². The third kappa shape index (κ3) is 3.32. The summed E-state index contributed by atoms with van der Waals surface area (Å²) >= 11 is 0. The van der Waals surface area contributed by atoms with Gasteiger partial charge in [0.15, 0.2) is 0 Å². The standard InChI is InChI=1S/C16H22N2O2/c1-2-17-10-16-13(7-9-20-16)11-18(14-5-6-14)12-15-4-3-8-19-15/h3-4,7-9,14,17H,2,5-6,10-12H2,1H3. The lowest BCUT2D eigenvalue weighted by atomic mass is 10.2. The predicted molar refractivity (Wildman–Crippen MR) is 77.1 cm³/mol. The molecule has 0 saturated heterocycles. The average Bonchev–Trinajstić information content (AvgIpc) is 3.00. The Balaban J connectivity index is 1.65. The summed E-state index contributed by atoms with van der Waals surface area (Å²) in [7, 11) is 0. The van der Waals surface area contributed by atoms with Gasteiger partial charge < -0.3 is 14.2 Å². The van der Waals surface area contributed by atoms with Crippen molar-refractivity contribution in [2.45, 2.75) is 45.4 Å². The molecule has 1 aliphatic rings. The van der Waals surface area contributed by atoms with E-state index in [0.717, 1.165) is 37.7 Å². The van der Waals surface area contributed by atoms with Gasteiger partial charge in [0.05, 0.1) is 25.6 Å². The van der Waals surface area contributed by atoms with Crippen LogP contribution in [0.3, 0.4) is 0 Å². The summed E-state index contributed by atoms with van der Waals surface area (Å²) in [5.74, 6) is 2.09. The molecule has 0 unspecified atom stereocenters. The van der Waals surface area contributed by atoms with Crippen molar-refractivity contribution in [2.24, 2.45) is 0 Å². The number of nitrogens with zero attached hydrogens (tertiary/aromatic N) is 1. The first kappa shape index (κ1) is 13.5. The van der Waals surface area contributed by atoms with Crippen molar-refractivity contribution in [3.63, 3.8) is 0 Å². The maximum absolute atomic E-state index is 5.59. The lowest BCUT2D eigenvalue weighted by Gasteiger charge is -2.20. The van der Waals surface area contributed by atoms with Crippen LogP contribution in [0.15, 0.2) is 39.6 Å². The molecule has 0 bridgehead atoms. The van der Waals surface area contributed by atoms with Gasteiger partial charge in [-0.2, -0.15) is 0 Å². The molecule has 1 N–H and O–H groups in total. The molecule has 20 heavy (non-hydrogen) atoms. The number of hydrogen-bond acceptors (Lipinski definition) is 4. The minimum atomic E-state index is 0.696. The van der Waals surface area contributed by atoms with Gasteiger partial charge in [-0.25, -0.2) is 0 Å². The Bertz CT molecular complexity index is 514. The van der Waals surface area contributed by atoms with Gasteiger partial charge in [0.25, 0.3) is 0 Å². The normalized spacial score (nSPS) is 15.1. The first-order valence-electron chi connectivity index (χ1n) is 7.39. The molecule has 0 aliphatic heterocycles. The topological polar surface area (TPSA) is 41.6 Å². The van der Waals surface area contributed by atoms with Crippen molar-refractivity contribution < 1.29 is 8.83 Å². The molecule has 1 saturated carbocycles. The van der Waals surface area contributed by atoms with Crippen molar-refractivity contribution >= 4 is 0 Å². The predicted octanol–water partition coefficient (Wildman–Crippen LogP) is 3.15. The van der Waals surface area contributed by atoms with Crippen molar-refractivity contribution in [3.05, 3.63) is 47.8 Å². The number of nitrogens with one attached hydrogen (secondary N) is 1. The number of furan rings is 2. The molecule has 3 rings (SSSR count). The highest BCUT2D eigenvalue weighted by Gasteiger charge is 2.30. The Kier molecular flexibility index (Phi) is 4.23. The van der Waals surface area contributed by atoms with Gasteiger partial charge in [0.1, 0.15) is 11.5 Å². The molecule has 0 atom stereocenters. The van der Waals surface area contributed by atoms with E-state index in [-0.39, 0.29) is 0 Å². The second-order valence-corrected chi connectivity index (χ2v) is 5.36. The lowest BCUT2D eigenvalue weighted by molar-refractivity contribution is 0.223. The molecule has 0 radical (unpaired) electrons. The maximum Gasteiger partial charge on any atom is 0.122 e. The minimum absolute atomic E-state index is 0.696. The first-order valence-corrected chi connectivity index (χ1v) is 7.39. The van der Waals surface area contributed by atoms with E-state index in [2.05, 4.69) is 23.2 Å². The molecular formula is C16H22N2O2. The van der Waals surface area contributed by atoms with Crippen molar-refractivity contribution in [3.8, 4) is 0 Å². The zero-order valence-electron chi connectivity index (χ0n) is 12.0. The Labute approximate surface area is 119 Å². The molecule has 1 fully saturated rings. The van der Waals surface area contributed by atoms with Crippen LogP contribution in [0.1, 0.15) is 36.8 Å². The fourth-order valence-corrected chi connectivity index (χ4v) is 2.48. The summed E-state index contributed by atoms with van der Waals surface area (Å²) in [5, 5.41) is 3.32. The number of hydrogen-bond donors (Lipinski definition) is 1. The molecule has 2 heterocycles. The van der Waals surface area contributed by atoms with Crippen LogP contribution in [0, 0.1) is 0 Å². The molecule has 4 nitrogen and oxygen atoms in total. The Hall–Kier alpha value is -1.52. The second-order valence-electron chi connectivity index (χ2n) is 5.36. The van der Waals surface area contributed by atoms with E-state index in [1.807, 2.05) is 12.1 Å². The molecule has 108 valence electrons. The van der Waals surface area contributed by atoms with Crippen LogP contribution < -0.4 is 5.32 Å². The molecule has 4 heteroatoms. The summed E-state index contributed by atoms with van der Waals surface area (Å²) in [4.78, 5) is 2.49. The van der Waals surface area contributed by atoms with Gasteiger partial charge in [-0.3, -0.25) is 4.90 Å². The van der Waals surface area contributed by atoms with Crippen molar-refractivity contribution in [2.75, 3.05) is 6.54 Å². The van der Waals surface area contributed by atoms with Crippen LogP contribution in [0.2, 0.25) is 0 Å². The smallest absolute Gasteiger partial charge is 0.122 e. The van der Waals surface area contributed by atoms with E-state index < -0.39 is 0 Å². The quantitative estimate of drug-likeness (QED) is 0.803. The van der Waals surface area contributed by atoms with Crippen LogP contribution in [-0.2, 0) is 19.6 Å².